The summed E-state index contributed by atoms with van der Waals surface area (Å²) in [6.07, 6.45) is 4.02. The second-order valence-corrected chi connectivity index (χ2v) is 8.06. The fourth-order valence-corrected chi connectivity index (χ4v) is 4.15. The highest BCUT2D eigenvalue weighted by Crippen LogP contribution is 2.39. The minimum atomic E-state index is -2.67. The molecule has 0 aromatic carbocycles. The molecule has 5 rings (SSSR count). The Kier molecular flexibility index (Phi) is 5.45. The SMILES string of the molecule is OCC1CC(n2cc(NCc3cnn4ccc(N5CCOCC5)nc34)c(C(F)F)n2)C1. The first-order valence-corrected chi connectivity index (χ1v) is 10.5. The van der Waals surface area contributed by atoms with Crippen LogP contribution in [0.15, 0.2) is 24.7 Å². The summed E-state index contributed by atoms with van der Waals surface area (Å²) in [4.78, 5) is 6.90. The third kappa shape index (κ3) is 3.94. The predicted octanol–water partition coefficient (Wildman–Crippen LogP) is 2.26. The Hall–Kier alpha value is -2.79. The molecule has 0 amide bonds. The molecule has 2 fully saturated rings. The van der Waals surface area contributed by atoms with Gasteiger partial charge >= 0.3 is 0 Å². The van der Waals surface area contributed by atoms with E-state index in [2.05, 4.69) is 20.4 Å². The van der Waals surface area contributed by atoms with Gasteiger partial charge in [0, 0.05) is 44.2 Å². The zero-order valence-electron chi connectivity index (χ0n) is 17.0. The van der Waals surface area contributed by atoms with Crippen LogP contribution in [0.25, 0.3) is 5.65 Å². The summed E-state index contributed by atoms with van der Waals surface area (Å²) in [7, 11) is 0. The third-order valence-corrected chi connectivity index (χ3v) is 6.04. The molecule has 0 atom stereocenters. The molecule has 9 nitrogen and oxygen atoms in total. The van der Waals surface area contributed by atoms with Gasteiger partial charge in [-0.25, -0.2) is 18.3 Å². The number of halogens is 2. The number of hydrogen-bond donors (Lipinski definition) is 2. The number of aromatic nitrogens is 5. The van der Waals surface area contributed by atoms with E-state index in [9.17, 15) is 13.9 Å². The number of rotatable bonds is 7. The van der Waals surface area contributed by atoms with Crippen molar-refractivity contribution >= 4 is 17.2 Å². The number of anilines is 2. The highest BCUT2D eigenvalue weighted by Gasteiger charge is 2.32. The minimum Gasteiger partial charge on any atom is -0.396 e. The number of nitrogens with zero attached hydrogens (tertiary/aromatic N) is 6. The van der Waals surface area contributed by atoms with E-state index in [1.807, 2.05) is 12.3 Å². The molecular formula is C20H25F2N7O2. The monoisotopic (exact) mass is 433 g/mol. The molecule has 166 valence electrons. The molecule has 31 heavy (non-hydrogen) atoms. The van der Waals surface area contributed by atoms with Crippen LogP contribution in [0.1, 0.15) is 36.6 Å². The Balaban J connectivity index is 1.34. The van der Waals surface area contributed by atoms with Crippen molar-refractivity contribution < 1.29 is 18.6 Å². The summed E-state index contributed by atoms with van der Waals surface area (Å²) in [6, 6.07) is 1.97. The molecular weight excluding hydrogens is 408 g/mol. The van der Waals surface area contributed by atoms with E-state index in [0.717, 1.165) is 37.3 Å². The van der Waals surface area contributed by atoms with Crippen LogP contribution in [0.3, 0.4) is 0 Å². The average molecular weight is 433 g/mol. The maximum atomic E-state index is 13.5. The van der Waals surface area contributed by atoms with Gasteiger partial charge in [0.2, 0.25) is 0 Å². The van der Waals surface area contributed by atoms with Gasteiger partial charge in [-0.3, -0.25) is 4.68 Å². The number of alkyl halides is 2. The lowest BCUT2D eigenvalue weighted by Gasteiger charge is -2.33. The van der Waals surface area contributed by atoms with Gasteiger partial charge in [-0.15, -0.1) is 0 Å². The zero-order valence-corrected chi connectivity index (χ0v) is 17.0. The van der Waals surface area contributed by atoms with Crippen LogP contribution in [0.5, 0.6) is 0 Å². The summed E-state index contributed by atoms with van der Waals surface area (Å²) in [5.74, 6) is 1.08. The van der Waals surface area contributed by atoms with Gasteiger partial charge in [-0.1, -0.05) is 0 Å². The molecule has 2 aliphatic rings. The first-order valence-electron chi connectivity index (χ1n) is 10.5. The molecule has 1 aliphatic carbocycles. The van der Waals surface area contributed by atoms with Crippen molar-refractivity contribution in [3.05, 3.63) is 35.9 Å². The predicted molar refractivity (Wildman–Crippen MR) is 109 cm³/mol. The molecule has 0 spiro atoms. The van der Waals surface area contributed by atoms with Crippen LogP contribution >= 0.6 is 0 Å². The number of nitrogens with one attached hydrogen (secondary N) is 1. The molecule has 3 aromatic rings. The first-order chi connectivity index (χ1) is 15.1. The number of hydrogen-bond acceptors (Lipinski definition) is 7. The fourth-order valence-electron chi connectivity index (χ4n) is 4.15. The van der Waals surface area contributed by atoms with E-state index in [4.69, 9.17) is 9.72 Å². The van der Waals surface area contributed by atoms with E-state index in [0.29, 0.717) is 31.1 Å². The van der Waals surface area contributed by atoms with Crippen molar-refractivity contribution in [1.29, 1.82) is 0 Å². The van der Waals surface area contributed by atoms with Gasteiger partial charge in [-0.05, 0) is 24.8 Å². The number of aliphatic hydroxyl groups is 1. The summed E-state index contributed by atoms with van der Waals surface area (Å²) in [5, 5.41) is 20.7. The van der Waals surface area contributed by atoms with Crippen molar-refractivity contribution in [2.75, 3.05) is 43.1 Å². The van der Waals surface area contributed by atoms with E-state index in [1.54, 1.807) is 21.6 Å². The summed E-state index contributed by atoms with van der Waals surface area (Å²) >= 11 is 0. The fraction of sp³-hybridized carbons (Fsp3) is 0.550. The van der Waals surface area contributed by atoms with E-state index >= 15 is 0 Å². The van der Waals surface area contributed by atoms with Crippen LogP contribution in [-0.2, 0) is 11.3 Å². The molecule has 1 aliphatic heterocycles. The quantitative estimate of drug-likeness (QED) is 0.590. The van der Waals surface area contributed by atoms with Crippen LogP contribution < -0.4 is 10.2 Å². The Bertz CT molecular complexity index is 1040. The second kappa shape index (κ2) is 8.39. The smallest absolute Gasteiger partial charge is 0.284 e. The van der Waals surface area contributed by atoms with Crippen molar-refractivity contribution in [3.8, 4) is 0 Å². The van der Waals surface area contributed by atoms with Gasteiger partial charge in [0.05, 0.1) is 31.1 Å². The molecule has 11 heteroatoms. The number of morpholine rings is 1. The topological polar surface area (TPSA) is 92.7 Å². The largest absolute Gasteiger partial charge is 0.396 e. The Morgan fingerprint density at radius 3 is 2.81 bits per heavy atom. The minimum absolute atomic E-state index is 0.0555. The Morgan fingerprint density at radius 2 is 2.06 bits per heavy atom. The van der Waals surface area contributed by atoms with Gasteiger partial charge in [0.1, 0.15) is 5.82 Å². The number of fused-ring (bicyclic) bond motifs is 1. The van der Waals surface area contributed by atoms with Crippen LogP contribution in [0.4, 0.5) is 20.3 Å². The van der Waals surface area contributed by atoms with Crippen molar-refractivity contribution in [2.45, 2.75) is 31.9 Å². The molecule has 0 unspecified atom stereocenters. The van der Waals surface area contributed by atoms with Crippen molar-refractivity contribution in [1.82, 2.24) is 24.4 Å². The van der Waals surface area contributed by atoms with Crippen LogP contribution in [0, 0.1) is 5.92 Å². The second-order valence-electron chi connectivity index (χ2n) is 8.06. The summed E-state index contributed by atoms with van der Waals surface area (Å²) in [5.41, 5.74) is 1.55. The Labute approximate surface area is 177 Å². The average Bonchev–Trinajstić information content (AvgIpc) is 3.36. The highest BCUT2D eigenvalue weighted by molar-refractivity contribution is 5.55. The van der Waals surface area contributed by atoms with Crippen LogP contribution in [-0.4, -0.2) is 62.4 Å². The van der Waals surface area contributed by atoms with Crippen molar-refractivity contribution in [3.63, 3.8) is 0 Å². The maximum Gasteiger partial charge on any atom is 0.284 e. The zero-order chi connectivity index (χ0) is 21.4. The van der Waals surface area contributed by atoms with E-state index < -0.39 is 6.43 Å². The molecule has 0 bridgehead atoms. The van der Waals surface area contributed by atoms with E-state index in [-0.39, 0.29) is 24.3 Å². The lowest BCUT2D eigenvalue weighted by Crippen LogP contribution is -2.36. The number of ether oxygens (including phenoxy) is 1. The van der Waals surface area contributed by atoms with Gasteiger partial charge in [0.15, 0.2) is 11.3 Å². The highest BCUT2D eigenvalue weighted by atomic mass is 19.3. The summed E-state index contributed by atoms with van der Waals surface area (Å²) in [6.45, 7) is 3.32. The normalized spacial score (nSPS) is 21.6. The molecule has 2 N–H and O–H groups in total. The maximum absolute atomic E-state index is 13.5. The molecule has 1 saturated heterocycles. The standard InChI is InChI=1S/C20H25F2N7O2/c21-19(22)18-16(11-29(26-18)15-7-13(8-15)12-30)23-9-14-10-24-28-2-1-17(25-20(14)28)27-3-5-31-6-4-27/h1-2,10-11,13,15,19,23,30H,3-9,12H2. The molecule has 1 saturated carbocycles. The van der Waals surface area contributed by atoms with Gasteiger partial charge < -0.3 is 20.1 Å². The third-order valence-electron chi connectivity index (χ3n) is 6.04. The lowest BCUT2D eigenvalue weighted by molar-refractivity contribution is 0.102. The molecule has 0 radical (unpaired) electrons. The molecule has 4 heterocycles. The van der Waals surface area contributed by atoms with Crippen molar-refractivity contribution in [2.24, 2.45) is 5.92 Å². The van der Waals surface area contributed by atoms with Gasteiger partial charge in [0.25, 0.3) is 6.43 Å². The summed E-state index contributed by atoms with van der Waals surface area (Å²) < 4.78 is 35.8. The number of aliphatic hydroxyl groups excluding tert-OH is 1. The first kappa shape index (κ1) is 20.1. The molecule has 3 aromatic heterocycles. The van der Waals surface area contributed by atoms with Crippen LogP contribution in [0.2, 0.25) is 0 Å². The lowest BCUT2D eigenvalue weighted by atomic mass is 9.81. The Morgan fingerprint density at radius 1 is 1.26 bits per heavy atom. The van der Waals surface area contributed by atoms with Gasteiger partial charge in [-0.2, -0.15) is 10.2 Å². The van der Waals surface area contributed by atoms with E-state index in [1.165, 1.54) is 0 Å².